The molecular weight excluding hydrogens is 219 g/mol. The number of hydrogen-bond donors (Lipinski definition) is 1. The molecule has 0 heterocycles. The van der Waals surface area contributed by atoms with Crippen molar-refractivity contribution >= 4 is 10.1 Å². The average Bonchev–Trinajstić information content (AvgIpc) is 2.14. The second-order valence-electron chi connectivity index (χ2n) is 3.39. The fourth-order valence-corrected chi connectivity index (χ4v) is 1.45. The van der Waals surface area contributed by atoms with Crippen LogP contribution in [-0.2, 0) is 10.1 Å². The van der Waals surface area contributed by atoms with Crippen LogP contribution in [0.25, 0.3) is 0 Å². The fourth-order valence-electron chi connectivity index (χ4n) is 0.879. The van der Waals surface area contributed by atoms with Gasteiger partial charge in [-0.15, -0.1) is 0 Å². The van der Waals surface area contributed by atoms with Crippen molar-refractivity contribution in [1.29, 1.82) is 0 Å². The summed E-state index contributed by atoms with van der Waals surface area (Å²) in [6, 6.07) is 0. The Morgan fingerprint density at radius 2 is 1.47 bits per heavy atom. The zero-order valence-corrected chi connectivity index (χ0v) is 10.5. The largest absolute Gasteiger partial charge is 0.286 e. The minimum Gasteiger partial charge on any atom is -0.286 e. The third-order valence-corrected chi connectivity index (χ3v) is 2.55. The van der Waals surface area contributed by atoms with Crippen molar-refractivity contribution in [2.75, 3.05) is 12.4 Å². The van der Waals surface area contributed by atoms with Gasteiger partial charge in [0.15, 0.2) is 0 Å². The fraction of sp³-hybridized carbons (Fsp3) is 1.00. The highest BCUT2D eigenvalue weighted by molar-refractivity contribution is 7.85. The summed E-state index contributed by atoms with van der Waals surface area (Å²) in [7, 11) is -3.86. The van der Waals surface area contributed by atoms with E-state index in [0.29, 0.717) is 0 Å². The van der Waals surface area contributed by atoms with Crippen LogP contribution < -0.4 is 0 Å². The molecule has 0 spiro atoms. The average molecular weight is 242 g/mol. The lowest BCUT2D eigenvalue weighted by Crippen LogP contribution is -2.03. The Morgan fingerprint density at radius 1 is 1.00 bits per heavy atom. The van der Waals surface area contributed by atoms with Gasteiger partial charge in [0.1, 0.15) is 0 Å². The Balaban J connectivity index is 0. The van der Waals surface area contributed by atoms with E-state index in [4.69, 9.17) is 4.55 Å². The van der Waals surface area contributed by atoms with Crippen molar-refractivity contribution in [3.05, 3.63) is 0 Å². The Labute approximate surface area is 92.8 Å². The highest BCUT2D eigenvalue weighted by atomic mass is 32.2. The van der Waals surface area contributed by atoms with Gasteiger partial charge >= 0.3 is 0 Å². The van der Waals surface area contributed by atoms with Gasteiger partial charge in [0.25, 0.3) is 10.1 Å². The quantitative estimate of drug-likeness (QED) is 0.551. The predicted molar refractivity (Wildman–Crippen MR) is 61.4 cm³/mol. The van der Waals surface area contributed by atoms with Crippen LogP contribution in [-0.4, -0.2) is 25.4 Å². The van der Waals surface area contributed by atoms with Gasteiger partial charge in [0.2, 0.25) is 0 Å². The van der Waals surface area contributed by atoms with E-state index in [2.05, 4.69) is 13.8 Å². The summed E-state index contributed by atoms with van der Waals surface area (Å²) in [5.74, 6) is -0.336. The Morgan fingerprint density at radius 3 is 1.73 bits per heavy atom. The van der Waals surface area contributed by atoms with Crippen LogP contribution in [0.1, 0.15) is 52.4 Å². The van der Waals surface area contributed by atoms with E-state index < -0.39 is 16.8 Å². The van der Waals surface area contributed by atoms with Gasteiger partial charge in [-0.2, -0.15) is 8.42 Å². The summed E-state index contributed by atoms with van der Waals surface area (Å²) < 4.78 is 39.3. The minimum atomic E-state index is -3.86. The Hall–Kier alpha value is -0.160. The Kier molecular flexibility index (Phi) is 13.7. The highest BCUT2D eigenvalue weighted by Crippen LogP contribution is 1.95. The van der Waals surface area contributed by atoms with E-state index >= 15 is 0 Å². The van der Waals surface area contributed by atoms with E-state index in [1.165, 1.54) is 25.7 Å². The lowest BCUT2D eigenvalue weighted by molar-refractivity contribution is 0.456. The van der Waals surface area contributed by atoms with Crippen LogP contribution in [0.3, 0.4) is 0 Å². The van der Waals surface area contributed by atoms with E-state index in [1.807, 2.05) is 0 Å². The molecule has 0 unspecified atom stereocenters. The molecule has 0 aromatic rings. The summed E-state index contributed by atoms with van der Waals surface area (Å²) in [5, 5.41) is 0. The molecule has 0 aliphatic rings. The van der Waals surface area contributed by atoms with Gasteiger partial charge in [0, 0.05) is 0 Å². The van der Waals surface area contributed by atoms with Crippen LogP contribution in [0.2, 0.25) is 0 Å². The molecule has 5 heteroatoms. The molecule has 0 saturated carbocycles. The van der Waals surface area contributed by atoms with Crippen LogP contribution in [0.15, 0.2) is 0 Å². The minimum absolute atomic E-state index is 0.190. The summed E-state index contributed by atoms with van der Waals surface area (Å²) in [4.78, 5) is 0. The van der Waals surface area contributed by atoms with Gasteiger partial charge < -0.3 is 0 Å². The first kappa shape index (κ1) is 17.2. The lowest BCUT2D eigenvalue weighted by Gasteiger charge is -1.91. The molecule has 0 atom stereocenters. The topological polar surface area (TPSA) is 54.4 Å². The maximum Gasteiger partial charge on any atom is 0.264 e. The number of alkyl halides is 1. The number of unbranched alkanes of at least 4 members (excludes halogenated alkanes) is 4. The predicted octanol–water partition coefficient (Wildman–Crippen LogP) is 3.21. The summed E-state index contributed by atoms with van der Waals surface area (Å²) >= 11 is 0. The Bertz CT molecular complexity index is 199. The summed E-state index contributed by atoms with van der Waals surface area (Å²) in [6.07, 6.45) is 5.92. The van der Waals surface area contributed by atoms with E-state index in [0.717, 1.165) is 0 Å². The molecule has 0 amide bonds. The molecule has 0 aromatic heterocycles. The van der Waals surface area contributed by atoms with Crippen LogP contribution in [0, 0.1) is 0 Å². The maximum absolute atomic E-state index is 11.3. The molecule has 0 radical (unpaired) electrons. The van der Waals surface area contributed by atoms with Crippen molar-refractivity contribution in [2.24, 2.45) is 0 Å². The third kappa shape index (κ3) is 24.8. The molecule has 0 bridgehead atoms. The smallest absolute Gasteiger partial charge is 0.264 e. The second-order valence-corrected chi connectivity index (χ2v) is 4.96. The molecule has 15 heavy (non-hydrogen) atoms. The van der Waals surface area contributed by atoms with Gasteiger partial charge in [-0.1, -0.05) is 39.5 Å². The zero-order chi connectivity index (χ0) is 12.2. The first-order chi connectivity index (χ1) is 6.97. The third-order valence-electron chi connectivity index (χ3n) is 1.74. The van der Waals surface area contributed by atoms with Crippen molar-refractivity contribution in [1.82, 2.24) is 0 Å². The van der Waals surface area contributed by atoms with Gasteiger partial charge in [-0.25, -0.2) is 0 Å². The first-order valence-electron chi connectivity index (χ1n) is 5.49. The van der Waals surface area contributed by atoms with E-state index in [9.17, 15) is 12.8 Å². The molecule has 0 aliphatic carbocycles. The standard InChI is InChI=1S/C6H14.C4H9FO3S/c1-3-5-6-4-2;5-3-1-2-4-9(6,7)8/h3-6H2,1-2H3;1-4H2,(H,6,7,8). The SMILES string of the molecule is CCCCCC.O=S(=O)(O)CCCCF. The number of rotatable bonds is 7. The molecule has 0 aromatic carbocycles. The van der Waals surface area contributed by atoms with Crippen LogP contribution in [0.4, 0.5) is 4.39 Å². The van der Waals surface area contributed by atoms with E-state index in [1.54, 1.807) is 0 Å². The summed E-state index contributed by atoms with van der Waals surface area (Å²) in [6.45, 7) is 3.93. The zero-order valence-electron chi connectivity index (χ0n) is 9.71. The van der Waals surface area contributed by atoms with Gasteiger partial charge in [-0.05, 0) is 12.8 Å². The molecule has 0 saturated heterocycles. The molecule has 0 rings (SSSR count). The van der Waals surface area contributed by atoms with Crippen molar-refractivity contribution in [2.45, 2.75) is 52.4 Å². The second kappa shape index (κ2) is 11.9. The van der Waals surface area contributed by atoms with Crippen molar-refractivity contribution in [3.63, 3.8) is 0 Å². The van der Waals surface area contributed by atoms with Crippen LogP contribution >= 0.6 is 0 Å². The number of hydrogen-bond acceptors (Lipinski definition) is 2. The molecule has 0 fully saturated rings. The molecule has 3 nitrogen and oxygen atoms in total. The first-order valence-corrected chi connectivity index (χ1v) is 7.10. The van der Waals surface area contributed by atoms with Gasteiger partial charge in [0.05, 0.1) is 12.4 Å². The monoisotopic (exact) mass is 242 g/mol. The normalized spacial score (nSPS) is 10.7. The van der Waals surface area contributed by atoms with E-state index in [-0.39, 0.29) is 18.6 Å². The van der Waals surface area contributed by atoms with Gasteiger partial charge in [-0.3, -0.25) is 8.94 Å². The molecule has 0 aliphatic heterocycles. The van der Waals surface area contributed by atoms with Crippen molar-refractivity contribution in [3.8, 4) is 0 Å². The summed E-state index contributed by atoms with van der Waals surface area (Å²) in [5.41, 5.74) is 0. The van der Waals surface area contributed by atoms with Crippen molar-refractivity contribution < 1.29 is 17.4 Å². The maximum atomic E-state index is 11.3. The lowest BCUT2D eigenvalue weighted by atomic mass is 10.2. The molecular formula is C10H23FO3S. The van der Waals surface area contributed by atoms with Crippen LogP contribution in [0.5, 0.6) is 0 Å². The molecule has 94 valence electrons. The number of halogens is 1. The molecule has 1 N–H and O–H groups in total. The highest BCUT2D eigenvalue weighted by Gasteiger charge is 2.01.